The van der Waals surface area contributed by atoms with E-state index in [1.54, 1.807) is 0 Å². The minimum Gasteiger partial charge on any atom is -0.463 e. The summed E-state index contributed by atoms with van der Waals surface area (Å²) in [5.74, 6) is 0. The summed E-state index contributed by atoms with van der Waals surface area (Å²) in [5.41, 5.74) is 1.25. The first-order valence-electron chi connectivity index (χ1n) is 8.08. The lowest BCUT2D eigenvalue weighted by atomic mass is 9.72. The van der Waals surface area contributed by atoms with E-state index in [-0.39, 0.29) is 17.4 Å². The Labute approximate surface area is 137 Å². The molecule has 5 nitrogen and oxygen atoms in total. The lowest BCUT2D eigenvalue weighted by Gasteiger charge is -2.32. The van der Waals surface area contributed by atoms with Crippen LogP contribution in [-0.4, -0.2) is 5.11 Å². The molecular weight excluding hydrogens is 308 g/mol. The Hall–Kier alpha value is -2.40. The van der Waals surface area contributed by atoms with E-state index in [9.17, 15) is 14.7 Å². The van der Waals surface area contributed by atoms with Crippen LogP contribution in [0.1, 0.15) is 43.4 Å². The Morgan fingerprint density at radius 2 is 1.92 bits per heavy atom. The number of benzene rings is 1. The van der Waals surface area contributed by atoms with Crippen LogP contribution < -0.4 is 11.3 Å². The molecule has 0 fully saturated rings. The van der Waals surface area contributed by atoms with E-state index < -0.39 is 11.3 Å². The fourth-order valence-electron chi connectivity index (χ4n) is 3.92. The molecule has 0 saturated heterocycles. The first kappa shape index (κ1) is 15.1. The summed E-state index contributed by atoms with van der Waals surface area (Å²) in [6, 6.07) is 3.84. The number of aliphatic hydroxyl groups is 1. The Morgan fingerprint density at radius 3 is 2.67 bits per heavy atom. The second-order valence-corrected chi connectivity index (χ2v) is 7.05. The molecule has 0 amide bonds. The third-order valence-electron chi connectivity index (χ3n) is 5.15. The van der Waals surface area contributed by atoms with Crippen LogP contribution in [-0.2, 0) is 18.4 Å². The summed E-state index contributed by atoms with van der Waals surface area (Å²) >= 11 is 0. The quantitative estimate of drug-likeness (QED) is 0.743. The molecule has 124 valence electrons. The van der Waals surface area contributed by atoms with Crippen molar-refractivity contribution in [2.45, 2.75) is 45.1 Å². The number of aliphatic hydroxyl groups excluding tert-OH is 1. The molecule has 1 N–H and O–H groups in total. The summed E-state index contributed by atoms with van der Waals surface area (Å²) in [4.78, 5) is 24.9. The lowest BCUT2D eigenvalue weighted by molar-refractivity contribution is 0.281. The predicted octanol–water partition coefficient (Wildman–Crippen LogP) is 3.01. The third kappa shape index (κ3) is 1.97. The molecule has 0 radical (unpaired) electrons. The predicted molar refractivity (Wildman–Crippen MR) is 90.4 cm³/mol. The first-order valence-corrected chi connectivity index (χ1v) is 8.08. The van der Waals surface area contributed by atoms with Crippen LogP contribution in [0.25, 0.3) is 21.7 Å². The van der Waals surface area contributed by atoms with Crippen LogP contribution in [0.15, 0.2) is 36.8 Å². The largest absolute Gasteiger partial charge is 0.463 e. The minimum atomic E-state index is -0.771. The molecule has 1 aromatic carbocycles. The molecular formula is C19H18O5. The monoisotopic (exact) mass is 326 g/mol. The third-order valence-corrected chi connectivity index (χ3v) is 5.15. The van der Waals surface area contributed by atoms with Crippen molar-refractivity contribution in [1.82, 2.24) is 0 Å². The van der Waals surface area contributed by atoms with Crippen molar-refractivity contribution < 1.29 is 13.9 Å². The van der Waals surface area contributed by atoms with E-state index in [1.165, 1.54) is 6.26 Å². The summed E-state index contributed by atoms with van der Waals surface area (Å²) in [6.45, 7) is 3.97. The number of fused-ring (bicyclic) bond motifs is 5. The number of aryl methyl sites for hydroxylation is 1. The number of rotatable bonds is 1. The van der Waals surface area contributed by atoms with Gasteiger partial charge in [0, 0.05) is 10.9 Å². The Balaban J connectivity index is 2.27. The van der Waals surface area contributed by atoms with Gasteiger partial charge in [-0.25, -0.2) is 9.59 Å². The summed E-state index contributed by atoms with van der Waals surface area (Å²) in [5, 5.41) is 10.5. The van der Waals surface area contributed by atoms with Crippen molar-refractivity contribution in [3.8, 4) is 0 Å². The highest BCUT2D eigenvalue weighted by molar-refractivity contribution is 6.04. The zero-order valence-corrected chi connectivity index (χ0v) is 13.6. The fraction of sp³-hybridized carbons (Fsp3) is 0.368. The second-order valence-electron chi connectivity index (χ2n) is 7.05. The highest BCUT2D eigenvalue weighted by Gasteiger charge is 2.30. The summed E-state index contributed by atoms with van der Waals surface area (Å²) in [7, 11) is 0. The Kier molecular flexibility index (Phi) is 3.18. The van der Waals surface area contributed by atoms with Gasteiger partial charge in [0.1, 0.15) is 11.0 Å². The van der Waals surface area contributed by atoms with Crippen molar-refractivity contribution >= 4 is 21.7 Å². The van der Waals surface area contributed by atoms with Crippen LogP contribution in [0.5, 0.6) is 0 Å². The molecule has 1 aliphatic carbocycles. The maximum absolute atomic E-state index is 12.6. The van der Waals surface area contributed by atoms with Gasteiger partial charge in [0.05, 0.1) is 18.3 Å². The fourth-order valence-corrected chi connectivity index (χ4v) is 3.92. The van der Waals surface area contributed by atoms with Gasteiger partial charge in [-0.15, -0.1) is 0 Å². The van der Waals surface area contributed by atoms with E-state index in [0.29, 0.717) is 21.9 Å². The molecule has 0 unspecified atom stereocenters. The SMILES string of the molecule is CC1(C)CCCc2c1ccc1c2c(=O)oc(=O)c2c(CO)coc21. The molecule has 24 heavy (non-hydrogen) atoms. The normalized spacial score (nSPS) is 16.5. The topological polar surface area (TPSA) is 80.7 Å². The van der Waals surface area contributed by atoms with Gasteiger partial charge in [0.15, 0.2) is 0 Å². The van der Waals surface area contributed by atoms with Gasteiger partial charge in [-0.3, -0.25) is 0 Å². The molecule has 1 aliphatic rings. The molecule has 0 spiro atoms. The van der Waals surface area contributed by atoms with Crippen molar-refractivity contribution in [3.63, 3.8) is 0 Å². The molecule has 2 aromatic heterocycles. The molecule has 4 rings (SSSR count). The smallest absolute Gasteiger partial charge is 0.350 e. The van der Waals surface area contributed by atoms with E-state index in [2.05, 4.69) is 13.8 Å². The summed E-state index contributed by atoms with van der Waals surface area (Å²) < 4.78 is 10.6. The second kappa shape index (κ2) is 5.05. The zero-order chi connectivity index (χ0) is 17.1. The van der Waals surface area contributed by atoms with Crippen molar-refractivity contribution in [2.24, 2.45) is 0 Å². The van der Waals surface area contributed by atoms with Crippen LogP contribution in [0.4, 0.5) is 0 Å². The average Bonchev–Trinajstić information content (AvgIpc) is 2.93. The van der Waals surface area contributed by atoms with Crippen LogP contribution >= 0.6 is 0 Å². The first-order chi connectivity index (χ1) is 11.4. The van der Waals surface area contributed by atoms with E-state index >= 15 is 0 Å². The number of hydrogen-bond acceptors (Lipinski definition) is 5. The molecule has 2 heterocycles. The van der Waals surface area contributed by atoms with Crippen LogP contribution in [0.3, 0.4) is 0 Å². The number of furan rings is 1. The zero-order valence-electron chi connectivity index (χ0n) is 13.6. The van der Waals surface area contributed by atoms with Crippen LogP contribution in [0, 0.1) is 0 Å². The van der Waals surface area contributed by atoms with E-state index in [0.717, 1.165) is 30.4 Å². The highest BCUT2D eigenvalue weighted by atomic mass is 16.4. The van der Waals surface area contributed by atoms with E-state index in [4.69, 9.17) is 8.83 Å². The van der Waals surface area contributed by atoms with Crippen molar-refractivity contribution in [1.29, 1.82) is 0 Å². The molecule has 0 atom stereocenters. The van der Waals surface area contributed by atoms with Gasteiger partial charge < -0.3 is 13.9 Å². The van der Waals surface area contributed by atoms with E-state index in [1.807, 2.05) is 12.1 Å². The van der Waals surface area contributed by atoms with Gasteiger partial charge in [0.25, 0.3) is 0 Å². The standard InChI is InChI=1S/C19H18O5/c1-19(2)7-3-4-11-13(19)6-5-12-15(11)18(22)24-17(21)14-10(8-20)9-23-16(12)14/h5-6,9,20H,3-4,7-8H2,1-2H3. The average molecular weight is 326 g/mol. The Bertz CT molecular complexity index is 1080. The van der Waals surface area contributed by atoms with Gasteiger partial charge >= 0.3 is 11.3 Å². The van der Waals surface area contributed by atoms with Crippen LogP contribution in [0.2, 0.25) is 0 Å². The molecule has 0 bridgehead atoms. The summed E-state index contributed by atoms with van der Waals surface area (Å²) in [6.07, 6.45) is 4.14. The highest BCUT2D eigenvalue weighted by Crippen LogP contribution is 2.40. The van der Waals surface area contributed by atoms with Gasteiger partial charge in [0.2, 0.25) is 0 Å². The lowest BCUT2D eigenvalue weighted by Crippen LogP contribution is -2.24. The molecule has 5 heteroatoms. The molecule has 3 aromatic rings. The van der Waals surface area contributed by atoms with Gasteiger partial charge in [-0.05, 0) is 35.8 Å². The maximum Gasteiger partial charge on any atom is 0.350 e. The molecule has 0 saturated carbocycles. The van der Waals surface area contributed by atoms with Gasteiger partial charge in [-0.2, -0.15) is 0 Å². The van der Waals surface area contributed by atoms with Gasteiger partial charge in [-0.1, -0.05) is 26.0 Å². The minimum absolute atomic E-state index is 0.0263. The maximum atomic E-state index is 12.6. The van der Waals surface area contributed by atoms with Crippen molar-refractivity contribution in [2.75, 3.05) is 0 Å². The molecule has 0 aliphatic heterocycles. The Morgan fingerprint density at radius 1 is 1.17 bits per heavy atom. The number of hydrogen-bond donors (Lipinski definition) is 1. The van der Waals surface area contributed by atoms with Crippen molar-refractivity contribution in [3.05, 3.63) is 55.9 Å².